The van der Waals surface area contributed by atoms with Gasteiger partial charge in [-0.2, -0.15) is 0 Å². The smallest absolute Gasteiger partial charge is 0.322 e. The van der Waals surface area contributed by atoms with Crippen LogP contribution in [0.15, 0.2) is 78.9 Å². The van der Waals surface area contributed by atoms with E-state index in [4.69, 9.17) is 14.6 Å². The van der Waals surface area contributed by atoms with Crippen molar-refractivity contribution in [3.8, 4) is 11.5 Å². The molecule has 3 rings (SSSR count). The van der Waals surface area contributed by atoms with E-state index in [0.29, 0.717) is 12.4 Å². The van der Waals surface area contributed by atoms with E-state index in [1.54, 1.807) is 18.2 Å². The second kappa shape index (κ2) is 9.94. The number of carboxylic acids is 1. The fraction of sp³-hybridized carbons (Fsp3) is 0.130. The van der Waals surface area contributed by atoms with Crippen LogP contribution in [0.2, 0.25) is 0 Å². The molecule has 0 radical (unpaired) electrons. The second-order valence-electron chi connectivity index (χ2n) is 6.26. The molecule has 0 aromatic heterocycles. The Bertz CT molecular complexity index is 958. The number of ether oxygens (including phenoxy) is 2. The van der Waals surface area contributed by atoms with E-state index < -0.39 is 18.4 Å². The number of benzene rings is 3. The van der Waals surface area contributed by atoms with Gasteiger partial charge in [-0.3, -0.25) is 9.59 Å². The van der Waals surface area contributed by atoms with Crippen molar-refractivity contribution >= 4 is 11.9 Å². The molecule has 6 nitrogen and oxygen atoms in total. The van der Waals surface area contributed by atoms with E-state index in [-0.39, 0.29) is 17.9 Å². The van der Waals surface area contributed by atoms with Gasteiger partial charge in [0.05, 0.1) is 5.56 Å². The topological polar surface area (TPSA) is 84.9 Å². The molecule has 0 unspecified atom stereocenters. The lowest BCUT2D eigenvalue weighted by molar-refractivity contribution is -0.135. The molecule has 0 aliphatic rings. The van der Waals surface area contributed by atoms with Gasteiger partial charge in [0.1, 0.15) is 19.8 Å². The predicted molar refractivity (Wildman–Crippen MR) is 108 cm³/mol. The molecule has 3 aromatic carbocycles. The first-order valence-electron chi connectivity index (χ1n) is 9.10. The van der Waals surface area contributed by atoms with Crippen LogP contribution < -0.4 is 14.8 Å². The van der Waals surface area contributed by atoms with Gasteiger partial charge in [-0.05, 0) is 23.3 Å². The molecule has 0 bridgehead atoms. The molecule has 0 aliphatic carbocycles. The fourth-order valence-electron chi connectivity index (χ4n) is 2.67. The Kier molecular flexibility index (Phi) is 6.84. The number of hydrogen-bond acceptors (Lipinski definition) is 4. The average Bonchev–Trinajstić information content (AvgIpc) is 2.76. The Hall–Kier alpha value is -3.80. The van der Waals surface area contributed by atoms with Crippen molar-refractivity contribution < 1.29 is 24.2 Å². The molecule has 6 heteroatoms. The van der Waals surface area contributed by atoms with Crippen LogP contribution in [0.3, 0.4) is 0 Å². The second-order valence-corrected chi connectivity index (χ2v) is 6.26. The highest BCUT2D eigenvalue weighted by Crippen LogP contribution is 2.33. The maximum atomic E-state index is 12.5. The molecule has 0 fully saturated rings. The van der Waals surface area contributed by atoms with Crippen LogP contribution in [0, 0.1) is 0 Å². The molecular formula is C23H21NO5. The number of amides is 1. The van der Waals surface area contributed by atoms with Crippen LogP contribution in [0.5, 0.6) is 11.5 Å². The van der Waals surface area contributed by atoms with Crippen molar-refractivity contribution in [2.24, 2.45) is 0 Å². The maximum absolute atomic E-state index is 12.5. The first kappa shape index (κ1) is 19.9. The fourth-order valence-corrected chi connectivity index (χ4v) is 2.67. The van der Waals surface area contributed by atoms with E-state index in [1.807, 2.05) is 60.7 Å². The molecule has 0 aliphatic heterocycles. The van der Waals surface area contributed by atoms with Gasteiger partial charge in [0.15, 0.2) is 11.5 Å². The Morgan fingerprint density at radius 1 is 0.759 bits per heavy atom. The van der Waals surface area contributed by atoms with Gasteiger partial charge in [-0.15, -0.1) is 0 Å². The predicted octanol–water partition coefficient (Wildman–Crippen LogP) is 3.66. The van der Waals surface area contributed by atoms with Crippen LogP contribution >= 0.6 is 0 Å². The SMILES string of the molecule is O=C(O)CNC(=O)c1cccc(OCc2ccccc2)c1OCc1ccccc1. The third-order valence-electron chi connectivity index (χ3n) is 4.09. The average molecular weight is 391 g/mol. The summed E-state index contributed by atoms with van der Waals surface area (Å²) in [7, 11) is 0. The zero-order valence-corrected chi connectivity index (χ0v) is 15.7. The van der Waals surface area contributed by atoms with Crippen molar-refractivity contribution in [2.45, 2.75) is 13.2 Å². The highest BCUT2D eigenvalue weighted by molar-refractivity contribution is 5.99. The maximum Gasteiger partial charge on any atom is 0.322 e. The van der Waals surface area contributed by atoms with Crippen LogP contribution in [0.1, 0.15) is 21.5 Å². The third-order valence-corrected chi connectivity index (χ3v) is 4.09. The number of aliphatic carboxylic acids is 1. The third kappa shape index (κ3) is 5.84. The molecule has 29 heavy (non-hydrogen) atoms. The quantitative estimate of drug-likeness (QED) is 0.582. The summed E-state index contributed by atoms with van der Waals surface area (Å²) >= 11 is 0. The van der Waals surface area contributed by atoms with Crippen LogP contribution in [0.25, 0.3) is 0 Å². The molecule has 3 aromatic rings. The van der Waals surface area contributed by atoms with E-state index in [2.05, 4.69) is 5.32 Å². The molecule has 0 atom stereocenters. The number of carbonyl (C=O) groups is 2. The summed E-state index contributed by atoms with van der Waals surface area (Å²) < 4.78 is 11.8. The number of para-hydroxylation sites is 1. The molecule has 0 spiro atoms. The van der Waals surface area contributed by atoms with Crippen molar-refractivity contribution in [3.63, 3.8) is 0 Å². The van der Waals surface area contributed by atoms with Gasteiger partial charge in [0.25, 0.3) is 5.91 Å². The summed E-state index contributed by atoms with van der Waals surface area (Å²) in [6.45, 7) is 0.0700. The minimum Gasteiger partial charge on any atom is -0.485 e. The first-order valence-corrected chi connectivity index (χ1v) is 9.10. The summed E-state index contributed by atoms with van der Waals surface area (Å²) in [5.41, 5.74) is 2.12. The first-order chi connectivity index (χ1) is 14.1. The lowest BCUT2D eigenvalue weighted by Crippen LogP contribution is -2.29. The lowest BCUT2D eigenvalue weighted by Gasteiger charge is -2.16. The van der Waals surface area contributed by atoms with E-state index in [1.165, 1.54) is 0 Å². The summed E-state index contributed by atoms with van der Waals surface area (Å²) in [6, 6.07) is 24.1. The highest BCUT2D eigenvalue weighted by Gasteiger charge is 2.18. The molecule has 1 amide bonds. The molecule has 2 N–H and O–H groups in total. The Morgan fingerprint density at radius 2 is 1.34 bits per heavy atom. The molecule has 148 valence electrons. The van der Waals surface area contributed by atoms with Gasteiger partial charge >= 0.3 is 5.97 Å². The monoisotopic (exact) mass is 391 g/mol. The number of hydrogen-bond donors (Lipinski definition) is 2. The van der Waals surface area contributed by atoms with Crippen molar-refractivity contribution in [1.82, 2.24) is 5.32 Å². The van der Waals surface area contributed by atoms with Gasteiger partial charge in [-0.1, -0.05) is 66.7 Å². The number of rotatable bonds is 9. The summed E-state index contributed by atoms with van der Waals surface area (Å²) in [6.07, 6.45) is 0. The minimum absolute atomic E-state index is 0.216. The largest absolute Gasteiger partial charge is 0.485 e. The van der Waals surface area contributed by atoms with E-state index in [0.717, 1.165) is 11.1 Å². The van der Waals surface area contributed by atoms with Gasteiger partial charge < -0.3 is 19.9 Å². The zero-order valence-electron chi connectivity index (χ0n) is 15.7. The van der Waals surface area contributed by atoms with Crippen molar-refractivity contribution in [1.29, 1.82) is 0 Å². The lowest BCUT2D eigenvalue weighted by atomic mass is 10.1. The number of nitrogens with one attached hydrogen (secondary N) is 1. The Morgan fingerprint density at radius 3 is 1.93 bits per heavy atom. The molecule has 0 saturated carbocycles. The van der Waals surface area contributed by atoms with Gasteiger partial charge in [-0.25, -0.2) is 0 Å². The van der Waals surface area contributed by atoms with Crippen molar-refractivity contribution in [3.05, 3.63) is 95.6 Å². The molecule has 0 saturated heterocycles. The van der Waals surface area contributed by atoms with Gasteiger partial charge in [0.2, 0.25) is 0 Å². The normalized spacial score (nSPS) is 10.2. The van der Waals surface area contributed by atoms with Crippen LogP contribution in [-0.2, 0) is 18.0 Å². The highest BCUT2D eigenvalue weighted by atomic mass is 16.5. The van der Waals surface area contributed by atoms with Crippen LogP contribution in [-0.4, -0.2) is 23.5 Å². The van der Waals surface area contributed by atoms with E-state index >= 15 is 0 Å². The summed E-state index contributed by atoms with van der Waals surface area (Å²) in [5, 5.41) is 11.2. The number of carbonyl (C=O) groups excluding carboxylic acids is 1. The van der Waals surface area contributed by atoms with Crippen LogP contribution in [0.4, 0.5) is 0 Å². The summed E-state index contributed by atoms with van der Waals surface area (Å²) in [4.78, 5) is 23.3. The van der Waals surface area contributed by atoms with E-state index in [9.17, 15) is 9.59 Å². The minimum atomic E-state index is -1.12. The summed E-state index contributed by atoms with van der Waals surface area (Å²) in [5.74, 6) is -0.981. The molecular weight excluding hydrogens is 370 g/mol. The zero-order chi connectivity index (χ0) is 20.5. The standard InChI is InChI=1S/C23H21NO5/c25-21(26)14-24-23(27)19-12-7-13-20(28-15-17-8-3-1-4-9-17)22(19)29-16-18-10-5-2-6-11-18/h1-13H,14-16H2,(H,24,27)(H,25,26). The number of carboxylic acid groups (broad SMARTS) is 1. The van der Waals surface area contributed by atoms with Gasteiger partial charge in [0, 0.05) is 0 Å². The molecule has 0 heterocycles. The van der Waals surface area contributed by atoms with Crippen molar-refractivity contribution in [2.75, 3.05) is 6.54 Å². The Labute approximate surface area is 168 Å². The Balaban J connectivity index is 1.83.